The van der Waals surface area contributed by atoms with E-state index in [-0.39, 0.29) is 0 Å². The monoisotopic (exact) mass is 233 g/mol. The van der Waals surface area contributed by atoms with Crippen molar-refractivity contribution in [3.05, 3.63) is 35.4 Å². The van der Waals surface area contributed by atoms with Gasteiger partial charge in [-0.1, -0.05) is 18.2 Å². The van der Waals surface area contributed by atoms with Crippen molar-refractivity contribution < 1.29 is 9.47 Å². The van der Waals surface area contributed by atoms with E-state index < -0.39 is 0 Å². The maximum atomic E-state index is 5.48. The number of nitrogens with two attached hydrogens (primary N) is 1. The molecule has 92 valence electrons. The second-order valence-electron chi connectivity index (χ2n) is 4.20. The molecule has 0 aromatic heterocycles. The normalized spacial score (nSPS) is 20.0. The third-order valence-electron chi connectivity index (χ3n) is 3.09. The van der Waals surface area contributed by atoms with Crippen LogP contribution in [0.4, 0.5) is 0 Å². The Balaban J connectivity index is 2.26. The highest BCUT2D eigenvalue weighted by atomic mass is 16.5. The SMILES string of the molecule is COc1ccc(C2CCOC2)cc1/C=C/CN. The van der Waals surface area contributed by atoms with Gasteiger partial charge in [0.05, 0.1) is 13.7 Å². The largest absolute Gasteiger partial charge is 0.496 e. The molecule has 0 spiro atoms. The van der Waals surface area contributed by atoms with Crippen LogP contribution in [0.25, 0.3) is 6.08 Å². The van der Waals surface area contributed by atoms with Crippen molar-refractivity contribution in [3.63, 3.8) is 0 Å². The first-order valence-electron chi connectivity index (χ1n) is 5.97. The smallest absolute Gasteiger partial charge is 0.126 e. The summed E-state index contributed by atoms with van der Waals surface area (Å²) >= 11 is 0. The topological polar surface area (TPSA) is 44.5 Å². The number of benzene rings is 1. The Morgan fingerprint density at radius 1 is 1.53 bits per heavy atom. The quantitative estimate of drug-likeness (QED) is 0.866. The molecule has 1 saturated heterocycles. The molecule has 2 rings (SSSR count). The van der Waals surface area contributed by atoms with Gasteiger partial charge in [-0.3, -0.25) is 0 Å². The van der Waals surface area contributed by atoms with Crippen LogP contribution in [0, 0.1) is 0 Å². The molecule has 1 atom stereocenters. The van der Waals surface area contributed by atoms with E-state index in [2.05, 4.69) is 12.1 Å². The van der Waals surface area contributed by atoms with Gasteiger partial charge in [-0.25, -0.2) is 0 Å². The molecule has 0 amide bonds. The number of hydrogen-bond donors (Lipinski definition) is 1. The van der Waals surface area contributed by atoms with E-state index in [1.807, 2.05) is 18.2 Å². The van der Waals surface area contributed by atoms with E-state index >= 15 is 0 Å². The zero-order valence-corrected chi connectivity index (χ0v) is 10.2. The minimum atomic E-state index is 0.519. The molecule has 0 radical (unpaired) electrons. The van der Waals surface area contributed by atoms with E-state index in [1.54, 1.807) is 7.11 Å². The van der Waals surface area contributed by atoms with E-state index in [0.717, 1.165) is 30.9 Å². The first-order valence-corrected chi connectivity index (χ1v) is 5.97. The maximum Gasteiger partial charge on any atom is 0.126 e. The summed E-state index contributed by atoms with van der Waals surface area (Å²) in [6, 6.07) is 6.31. The van der Waals surface area contributed by atoms with Gasteiger partial charge in [-0.15, -0.1) is 0 Å². The van der Waals surface area contributed by atoms with Crippen molar-refractivity contribution >= 4 is 6.08 Å². The molecule has 1 unspecified atom stereocenters. The molecule has 1 aromatic carbocycles. The van der Waals surface area contributed by atoms with Crippen LogP contribution in [0.1, 0.15) is 23.5 Å². The zero-order valence-electron chi connectivity index (χ0n) is 10.2. The van der Waals surface area contributed by atoms with Crippen molar-refractivity contribution in [2.24, 2.45) is 5.73 Å². The van der Waals surface area contributed by atoms with Crippen LogP contribution in [0.5, 0.6) is 5.75 Å². The second-order valence-corrected chi connectivity index (χ2v) is 4.20. The van der Waals surface area contributed by atoms with E-state index in [1.165, 1.54) is 5.56 Å². The molecule has 1 aliphatic rings. The zero-order chi connectivity index (χ0) is 12.1. The predicted octanol–water partition coefficient (Wildman–Crippen LogP) is 2.17. The lowest BCUT2D eigenvalue weighted by molar-refractivity contribution is 0.194. The Bertz CT molecular complexity index is 395. The summed E-state index contributed by atoms with van der Waals surface area (Å²) in [6.07, 6.45) is 5.05. The van der Waals surface area contributed by atoms with Crippen LogP contribution in [0.15, 0.2) is 24.3 Å². The van der Waals surface area contributed by atoms with Gasteiger partial charge < -0.3 is 15.2 Å². The number of rotatable bonds is 4. The number of hydrogen-bond acceptors (Lipinski definition) is 3. The van der Waals surface area contributed by atoms with Crippen LogP contribution < -0.4 is 10.5 Å². The third kappa shape index (κ3) is 2.87. The van der Waals surface area contributed by atoms with Crippen LogP contribution in [0.2, 0.25) is 0 Å². The fourth-order valence-electron chi connectivity index (χ4n) is 2.13. The Morgan fingerprint density at radius 3 is 3.06 bits per heavy atom. The summed E-state index contributed by atoms with van der Waals surface area (Å²) in [7, 11) is 1.69. The summed E-state index contributed by atoms with van der Waals surface area (Å²) in [5.41, 5.74) is 7.89. The minimum Gasteiger partial charge on any atom is -0.496 e. The van der Waals surface area contributed by atoms with E-state index in [4.69, 9.17) is 15.2 Å². The lowest BCUT2D eigenvalue weighted by Crippen LogP contribution is -1.99. The van der Waals surface area contributed by atoms with Gasteiger partial charge in [0.25, 0.3) is 0 Å². The van der Waals surface area contributed by atoms with Gasteiger partial charge in [-0.05, 0) is 24.1 Å². The lowest BCUT2D eigenvalue weighted by atomic mass is 9.96. The molecule has 1 aromatic rings. The Hall–Kier alpha value is -1.32. The van der Waals surface area contributed by atoms with Gasteiger partial charge in [0, 0.05) is 24.6 Å². The Kier molecular flexibility index (Phi) is 4.18. The fraction of sp³-hybridized carbons (Fsp3) is 0.429. The average Bonchev–Trinajstić information content (AvgIpc) is 2.89. The van der Waals surface area contributed by atoms with Gasteiger partial charge in [0.15, 0.2) is 0 Å². The van der Waals surface area contributed by atoms with E-state index in [0.29, 0.717) is 12.5 Å². The summed E-state index contributed by atoms with van der Waals surface area (Å²) < 4.78 is 10.8. The van der Waals surface area contributed by atoms with Crippen molar-refractivity contribution in [2.45, 2.75) is 12.3 Å². The number of methoxy groups -OCH3 is 1. The second kappa shape index (κ2) is 5.84. The molecule has 0 aliphatic carbocycles. The van der Waals surface area contributed by atoms with Crippen LogP contribution in [-0.2, 0) is 4.74 Å². The average molecular weight is 233 g/mol. The van der Waals surface area contributed by atoms with Crippen LogP contribution in [-0.4, -0.2) is 26.9 Å². The minimum absolute atomic E-state index is 0.519. The van der Waals surface area contributed by atoms with Gasteiger partial charge in [-0.2, -0.15) is 0 Å². The van der Waals surface area contributed by atoms with Crippen LogP contribution >= 0.6 is 0 Å². The summed E-state index contributed by atoms with van der Waals surface area (Å²) in [5.74, 6) is 1.41. The molecule has 1 heterocycles. The highest BCUT2D eigenvalue weighted by Crippen LogP contribution is 2.29. The Morgan fingerprint density at radius 2 is 2.41 bits per heavy atom. The molecular weight excluding hydrogens is 214 g/mol. The summed E-state index contributed by atoms with van der Waals surface area (Å²) in [6.45, 7) is 2.23. The van der Waals surface area contributed by atoms with E-state index in [9.17, 15) is 0 Å². The maximum absolute atomic E-state index is 5.48. The van der Waals surface area contributed by atoms with Gasteiger partial charge in [0.2, 0.25) is 0 Å². The van der Waals surface area contributed by atoms with Crippen molar-refractivity contribution in [1.29, 1.82) is 0 Å². The highest BCUT2D eigenvalue weighted by Gasteiger charge is 2.18. The van der Waals surface area contributed by atoms with Crippen molar-refractivity contribution in [1.82, 2.24) is 0 Å². The lowest BCUT2D eigenvalue weighted by Gasteiger charge is -2.11. The molecule has 2 N–H and O–H groups in total. The van der Waals surface area contributed by atoms with Crippen molar-refractivity contribution in [3.8, 4) is 5.75 Å². The standard InChI is InChI=1S/C14H19NO2/c1-16-14-5-4-11(13-6-8-17-10-13)9-12(14)3-2-7-15/h2-5,9,13H,6-8,10,15H2,1H3/b3-2+. The molecule has 0 bridgehead atoms. The first kappa shape index (κ1) is 12.1. The highest BCUT2D eigenvalue weighted by molar-refractivity contribution is 5.59. The molecule has 1 aliphatic heterocycles. The van der Waals surface area contributed by atoms with Gasteiger partial charge in [0.1, 0.15) is 5.75 Å². The third-order valence-corrected chi connectivity index (χ3v) is 3.09. The summed E-state index contributed by atoms with van der Waals surface area (Å²) in [4.78, 5) is 0. The van der Waals surface area contributed by atoms with Crippen molar-refractivity contribution in [2.75, 3.05) is 26.9 Å². The predicted molar refractivity (Wildman–Crippen MR) is 69.3 cm³/mol. The summed E-state index contributed by atoms with van der Waals surface area (Å²) in [5, 5.41) is 0. The Labute approximate surface area is 102 Å². The molecule has 0 saturated carbocycles. The molecule has 17 heavy (non-hydrogen) atoms. The van der Waals surface area contributed by atoms with Gasteiger partial charge >= 0.3 is 0 Å². The molecule has 3 nitrogen and oxygen atoms in total. The molecule has 3 heteroatoms. The fourth-order valence-corrected chi connectivity index (χ4v) is 2.13. The molecular formula is C14H19NO2. The first-order chi connectivity index (χ1) is 8.35. The number of ether oxygens (including phenoxy) is 2. The van der Waals surface area contributed by atoms with Crippen LogP contribution in [0.3, 0.4) is 0 Å². The molecule has 1 fully saturated rings.